The van der Waals surface area contributed by atoms with Gasteiger partial charge in [-0.3, -0.25) is 9.59 Å². The highest BCUT2D eigenvalue weighted by atomic mass is 35.5. The van der Waals surface area contributed by atoms with Crippen molar-refractivity contribution in [2.45, 2.75) is 53.1 Å². The van der Waals surface area contributed by atoms with Gasteiger partial charge < -0.3 is 15.2 Å². The third-order valence-corrected chi connectivity index (χ3v) is 4.72. The fourth-order valence-electron chi connectivity index (χ4n) is 2.82. The van der Waals surface area contributed by atoms with Crippen LogP contribution in [0, 0.1) is 13.8 Å². The maximum Gasteiger partial charge on any atom is 0.253 e. The minimum absolute atomic E-state index is 0.0785. The minimum Gasteiger partial charge on any atom is -0.352 e. The highest BCUT2D eigenvalue weighted by molar-refractivity contribution is 6.30. The Morgan fingerprint density at radius 2 is 1.85 bits per heavy atom. The lowest BCUT2D eigenvalue weighted by Gasteiger charge is -2.17. The molecular formula is C20H26ClN3O2. The van der Waals surface area contributed by atoms with Crippen LogP contribution in [0.2, 0.25) is 5.02 Å². The highest BCUT2D eigenvalue weighted by Crippen LogP contribution is 2.23. The van der Waals surface area contributed by atoms with Crippen molar-refractivity contribution in [3.8, 4) is 5.69 Å². The number of carbonyl (C=O) groups is 2. The standard InChI is InChI=1S/C20H26ClN3O2/c1-6-12(2)22-19(25)14(4)23-20(26)18-10-13(3)24(15(18)5)17-9-7-8-16(21)11-17/h7-12,14H,6H2,1-5H3,(H,22,25)(H,23,26). The van der Waals surface area contributed by atoms with Crippen molar-refractivity contribution in [2.75, 3.05) is 0 Å². The van der Waals surface area contributed by atoms with Crippen LogP contribution in [0.3, 0.4) is 0 Å². The van der Waals surface area contributed by atoms with E-state index in [9.17, 15) is 9.59 Å². The maximum absolute atomic E-state index is 12.7. The molecule has 2 rings (SSSR count). The molecule has 2 N–H and O–H groups in total. The molecule has 0 aliphatic heterocycles. The van der Waals surface area contributed by atoms with Crippen LogP contribution in [0.25, 0.3) is 5.69 Å². The molecule has 26 heavy (non-hydrogen) atoms. The lowest BCUT2D eigenvalue weighted by Crippen LogP contribution is -2.47. The molecule has 2 unspecified atom stereocenters. The third kappa shape index (κ3) is 4.47. The van der Waals surface area contributed by atoms with E-state index in [4.69, 9.17) is 11.6 Å². The van der Waals surface area contributed by atoms with E-state index in [-0.39, 0.29) is 17.9 Å². The fraction of sp³-hybridized carbons (Fsp3) is 0.400. The van der Waals surface area contributed by atoms with Crippen molar-refractivity contribution in [3.63, 3.8) is 0 Å². The Labute approximate surface area is 159 Å². The summed E-state index contributed by atoms with van der Waals surface area (Å²) in [5.74, 6) is -0.450. The van der Waals surface area contributed by atoms with E-state index in [2.05, 4.69) is 10.6 Å². The normalized spacial score (nSPS) is 13.2. The number of carbonyl (C=O) groups excluding carboxylic acids is 2. The first-order chi connectivity index (χ1) is 12.2. The van der Waals surface area contributed by atoms with Crippen molar-refractivity contribution in [1.82, 2.24) is 15.2 Å². The van der Waals surface area contributed by atoms with Crippen LogP contribution in [0.15, 0.2) is 30.3 Å². The summed E-state index contributed by atoms with van der Waals surface area (Å²) in [4.78, 5) is 24.8. The van der Waals surface area contributed by atoms with Gasteiger partial charge in [-0.1, -0.05) is 24.6 Å². The van der Waals surface area contributed by atoms with Gasteiger partial charge in [0.1, 0.15) is 6.04 Å². The van der Waals surface area contributed by atoms with Gasteiger partial charge in [-0.25, -0.2) is 0 Å². The third-order valence-electron chi connectivity index (χ3n) is 4.48. The highest BCUT2D eigenvalue weighted by Gasteiger charge is 2.21. The number of aryl methyl sites for hydroxylation is 1. The molecule has 1 aromatic heterocycles. The van der Waals surface area contributed by atoms with Crippen LogP contribution in [-0.4, -0.2) is 28.5 Å². The van der Waals surface area contributed by atoms with Gasteiger partial charge in [0.15, 0.2) is 0 Å². The topological polar surface area (TPSA) is 63.1 Å². The number of benzene rings is 1. The fourth-order valence-corrected chi connectivity index (χ4v) is 3.00. The quantitative estimate of drug-likeness (QED) is 0.807. The minimum atomic E-state index is -0.606. The molecule has 0 saturated heterocycles. The molecule has 2 atom stereocenters. The van der Waals surface area contributed by atoms with Crippen molar-refractivity contribution in [3.05, 3.63) is 52.3 Å². The first kappa shape index (κ1) is 20.0. The van der Waals surface area contributed by atoms with Crippen molar-refractivity contribution in [1.29, 1.82) is 0 Å². The van der Waals surface area contributed by atoms with Gasteiger partial charge in [0.25, 0.3) is 5.91 Å². The average molecular weight is 376 g/mol. The summed E-state index contributed by atoms with van der Waals surface area (Å²) in [6.45, 7) is 9.44. The van der Waals surface area contributed by atoms with Crippen molar-refractivity contribution < 1.29 is 9.59 Å². The van der Waals surface area contributed by atoms with E-state index < -0.39 is 6.04 Å². The summed E-state index contributed by atoms with van der Waals surface area (Å²) in [6.07, 6.45) is 0.840. The van der Waals surface area contributed by atoms with Crippen LogP contribution in [0.5, 0.6) is 0 Å². The Morgan fingerprint density at radius 1 is 1.15 bits per heavy atom. The van der Waals surface area contributed by atoms with Crippen LogP contribution in [0.4, 0.5) is 0 Å². The first-order valence-corrected chi connectivity index (χ1v) is 9.18. The second-order valence-corrected chi connectivity index (χ2v) is 7.05. The van der Waals surface area contributed by atoms with Crippen LogP contribution in [-0.2, 0) is 4.79 Å². The molecule has 1 heterocycles. The van der Waals surface area contributed by atoms with Gasteiger partial charge >= 0.3 is 0 Å². The zero-order valence-electron chi connectivity index (χ0n) is 15.9. The summed E-state index contributed by atoms with van der Waals surface area (Å²) in [7, 11) is 0. The Kier molecular flexibility index (Phi) is 6.48. The number of amides is 2. The number of aromatic nitrogens is 1. The molecular weight excluding hydrogens is 350 g/mol. The lowest BCUT2D eigenvalue weighted by atomic mass is 10.2. The Hall–Kier alpha value is -2.27. The molecule has 0 radical (unpaired) electrons. The van der Waals surface area contributed by atoms with Gasteiger partial charge in [-0.2, -0.15) is 0 Å². The molecule has 0 fully saturated rings. The maximum atomic E-state index is 12.7. The SMILES string of the molecule is CCC(C)NC(=O)C(C)NC(=O)c1cc(C)n(-c2cccc(Cl)c2)c1C. The Balaban J connectivity index is 2.20. The van der Waals surface area contributed by atoms with Gasteiger partial charge in [0, 0.05) is 28.1 Å². The van der Waals surface area contributed by atoms with Gasteiger partial charge in [-0.05, 0) is 58.4 Å². The zero-order valence-corrected chi connectivity index (χ0v) is 16.6. The molecule has 1 aromatic carbocycles. The zero-order chi connectivity index (χ0) is 19.4. The van der Waals surface area contributed by atoms with E-state index in [0.717, 1.165) is 23.5 Å². The number of hydrogen-bond acceptors (Lipinski definition) is 2. The van der Waals surface area contributed by atoms with Crippen molar-refractivity contribution in [2.24, 2.45) is 0 Å². The molecule has 0 spiro atoms. The summed E-state index contributed by atoms with van der Waals surface area (Å²) < 4.78 is 1.98. The van der Waals surface area contributed by atoms with Crippen molar-refractivity contribution >= 4 is 23.4 Å². The Bertz CT molecular complexity index is 813. The van der Waals surface area contributed by atoms with Gasteiger partial charge in [-0.15, -0.1) is 0 Å². The average Bonchev–Trinajstić information content (AvgIpc) is 2.89. The first-order valence-electron chi connectivity index (χ1n) is 8.80. The van der Waals surface area contributed by atoms with E-state index in [1.807, 2.05) is 62.6 Å². The van der Waals surface area contributed by atoms with Crippen LogP contribution in [0.1, 0.15) is 48.9 Å². The summed E-state index contributed by atoms with van der Waals surface area (Å²) in [6, 6.07) is 8.77. The number of halogens is 1. The van der Waals surface area contributed by atoms with E-state index in [1.165, 1.54) is 0 Å². The molecule has 0 bridgehead atoms. The monoisotopic (exact) mass is 375 g/mol. The number of rotatable bonds is 6. The summed E-state index contributed by atoms with van der Waals surface area (Å²) >= 11 is 6.09. The molecule has 0 aliphatic rings. The number of hydrogen-bond donors (Lipinski definition) is 2. The smallest absolute Gasteiger partial charge is 0.253 e. The molecule has 0 aliphatic carbocycles. The van der Waals surface area contributed by atoms with Gasteiger partial charge in [0.05, 0.1) is 5.56 Å². The molecule has 2 aromatic rings. The molecule has 6 heteroatoms. The van der Waals surface area contributed by atoms with Crippen LogP contribution < -0.4 is 10.6 Å². The second-order valence-electron chi connectivity index (χ2n) is 6.61. The molecule has 5 nitrogen and oxygen atoms in total. The number of nitrogens with zero attached hydrogens (tertiary/aromatic N) is 1. The van der Waals surface area contributed by atoms with Crippen LogP contribution >= 0.6 is 11.6 Å². The molecule has 140 valence electrons. The number of nitrogens with one attached hydrogen (secondary N) is 2. The summed E-state index contributed by atoms with van der Waals surface area (Å²) in [5, 5.41) is 6.29. The molecule has 0 saturated carbocycles. The molecule has 2 amide bonds. The predicted molar refractivity (Wildman–Crippen MR) is 105 cm³/mol. The second kappa shape index (κ2) is 8.41. The summed E-state index contributed by atoms with van der Waals surface area (Å²) in [5.41, 5.74) is 3.17. The largest absolute Gasteiger partial charge is 0.352 e. The van der Waals surface area contributed by atoms with E-state index >= 15 is 0 Å². The predicted octanol–water partition coefficient (Wildman–Crippen LogP) is 3.78. The Morgan fingerprint density at radius 3 is 2.46 bits per heavy atom. The van der Waals surface area contributed by atoms with E-state index in [1.54, 1.807) is 6.92 Å². The van der Waals surface area contributed by atoms with Gasteiger partial charge in [0.2, 0.25) is 5.91 Å². The van der Waals surface area contributed by atoms with E-state index in [0.29, 0.717) is 10.6 Å². The lowest BCUT2D eigenvalue weighted by molar-refractivity contribution is -0.123.